The second-order valence-corrected chi connectivity index (χ2v) is 8.59. The third-order valence-electron chi connectivity index (χ3n) is 5.81. The monoisotopic (exact) mass is 438 g/mol. The van der Waals surface area contributed by atoms with E-state index >= 15 is 0 Å². The number of nitrogens with zero attached hydrogens (tertiary/aromatic N) is 1. The number of likely N-dealkylation sites (tertiary alicyclic amines) is 1. The fourth-order valence-electron chi connectivity index (χ4n) is 3.82. The maximum atomic E-state index is 11.8. The molecule has 1 fully saturated rings. The normalized spacial score (nSPS) is 18.1. The van der Waals surface area contributed by atoms with Crippen LogP contribution in [0.5, 0.6) is 0 Å². The van der Waals surface area contributed by atoms with Crippen molar-refractivity contribution in [1.29, 1.82) is 0 Å². The van der Waals surface area contributed by atoms with E-state index < -0.39 is 0 Å². The van der Waals surface area contributed by atoms with Gasteiger partial charge in [-0.15, -0.1) is 0 Å². The molecule has 1 saturated heterocycles. The van der Waals surface area contributed by atoms with Crippen molar-refractivity contribution in [2.45, 2.75) is 83.6 Å². The van der Waals surface area contributed by atoms with Crippen LogP contribution in [0.15, 0.2) is 72.9 Å². The molecule has 1 aliphatic heterocycles. The molecule has 1 unspecified atom stereocenters. The van der Waals surface area contributed by atoms with E-state index in [-0.39, 0.29) is 5.91 Å². The Morgan fingerprint density at radius 2 is 1.44 bits per heavy atom. The second kappa shape index (κ2) is 20.8. The Labute approximate surface area is 197 Å². The zero-order chi connectivity index (χ0) is 23.1. The molecule has 0 radical (unpaired) electrons. The van der Waals surface area contributed by atoms with Gasteiger partial charge in [-0.05, 0) is 45.7 Å². The minimum Gasteiger partial charge on any atom is -0.352 e. The Kier molecular flexibility index (Phi) is 18.1. The van der Waals surface area contributed by atoms with E-state index in [1.54, 1.807) is 12.2 Å². The third kappa shape index (κ3) is 16.5. The molecule has 1 heterocycles. The first kappa shape index (κ1) is 27.9. The van der Waals surface area contributed by atoms with E-state index in [4.69, 9.17) is 0 Å². The largest absolute Gasteiger partial charge is 0.352 e. The van der Waals surface area contributed by atoms with Gasteiger partial charge in [-0.1, -0.05) is 112 Å². The quantitative estimate of drug-likeness (QED) is 0.150. The van der Waals surface area contributed by atoms with Crippen molar-refractivity contribution < 1.29 is 4.79 Å². The van der Waals surface area contributed by atoms with E-state index in [9.17, 15) is 4.79 Å². The number of carbonyl (C=O) groups excluding carboxylic acids is 1. The molecular formula is C29H46N2O. The summed E-state index contributed by atoms with van der Waals surface area (Å²) >= 11 is 0. The molecule has 1 rings (SSSR count). The summed E-state index contributed by atoms with van der Waals surface area (Å²) < 4.78 is 0. The number of rotatable bonds is 17. The first-order valence-corrected chi connectivity index (χ1v) is 12.7. The maximum absolute atomic E-state index is 11.8. The van der Waals surface area contributed by atoms with Crippen LogP contribution >= 0.6 is 0 Å². The highest BCUT2D eigenvalue weighted by atomic mass is 16.1. The molecule has 0 aliphatic carbocycles. The van der Waals surface area contributed by atoms with Crippen molar-refractivity contribution in [1.82, 2.24) is 10.2 Å². The van der Waals surface area contributed by atoms with Gasteiger partial charge in [0.2, 0.25) is 5.91 Å². The smallest absolute Gasteiger partial charge is 0.243 e. The highest BCUT2D eigenvalue weighted by Gasteiger charge is 2.19. The summed E-state index contributed by atoms with van der Waals surface area (Å²) in [5, 5.41) is 2.96. The lowest BCUT2D eigenvalue weighted by Crippen LogP contribution is -2.31. The molecule has 1 atom stereocenters. The molecule has 178 valence electrons. The van der Waals surface area contributed by atoms with Gasteiger partial charge in [-0.3, -0.25) is 4.79 Å². The van der Waals surface area contributed by atoms with Crippen LogP contribution in [0.2, 0.25) is 0 Å². The number of nitrogens with one attached hydrogen (secondary N) is 1. The molecule has 0 saturated carbocycles. The summed E-state index contributed by atoms with van der Waals surface area (Å²) in [4.78, 5) is 14.2. The fourth-order valence-corrected chi connectivity index (χ4v) is 3.82. The third-order valence-corrected chi connectivity index (χ3v) is 5.81. The molecule has 0 spiro atoms. The number of unbranched alkanes of at least 4 members (excludes halogenated alkanes) is 7. The Morgan fingerprint density at radius 1 is 0.844 bits per heavy atom. The lowest BCUT2D eigenvalue weighted by atomic mass is 10.1. The van der Waals surface area contributed by atoms with Crippen LogP contribution in [0.25, 0.3) is 0 Å². The molecule has 3 nitrogen and oxygen atoms in total. The summed E-state index contributed by atoms with van der Waals surface area (Å²) in [7, 11) is 2.17. The minimum absolute atomic E-state index is 0.0238. The van der Waals surface area contributed by atoms with Crippen molar-refractivity contribution >= 4 is 5.91 Å². The molecule has 0 aromatic heterocycles. The fraction of sp³-hybridized carbons (Fsp3) is 0.552. The van der Waals surface area contributed by atoms with Gasteiger partial charge < -0.3 is 10.2 Å². The molecule has 1 N–H and O–H groups in total. The zero-order valence-electron chi connectivity index (χ0n) is 20.6. The van der Waals surface area contributed by atoms with Crippen molar-refractivity contribution in [2.24, 2.45) is 0 Å². The lowest BCUT2D eigenvalue weighted by Gasteiger charge is -2.18. The van der Waals surface area contributed by atoms with Crippen LogP contribution < -0.4 is 5.32 Å². The van der Waals surface area contributed by atoms with Crippen LogP contribution in [-0.4, -0.2) is 37.0 Å². The lowest BCUT2D eigenvalue weighted by molar-refractivity contribution is -0.116. The Bertz CT molecular complexity index is 640. The topological polar surface area (TPSA) is 32.3 Å². The summed E-state index contributed by atoms with van der Waals surface area (Å²) in [6, 6.07) is 0.623. The summed E-state index contributed by atoms with van der Waals surface area (Å²) in [6.45, 7) is 4.19. The maximum Gasteiger partial charge on any atom is 0.243 e. The van der Waals surface area contributed by atoms with Crippen LogP contribution in [0, 0.1) is 0 Å². The minimum atomic E-state index is -0.0238. The van der Waals surface area contributed by atoms with Gasteiger partial charge in [-0.2, -0.15) is 0 Å². The standard InChI is InChI=1S/C29H46N2O/c1-3-4-5-6-7-8-9-10-11-12-13-14-15-16-17-18-19-20-21-24-29(32)30-26-25-28-23-22-27-31(28)2/h11-21,24,28H,3-10,22-23,25-27H2,1-2H3,(H,30,32)/b12-11-,14-13-,16-15-,18-17-,20-19-,24-21-. The Morgan fingerprint density at radius 3 is 2.06 bits per heavy atom. The molecule has 32 heavy (non-hydrogen) atoms. The highest BCUT2D eigenvalue weighted by molar-refractivity contribution is 5.87. The number of hydrogen-bond acceptors (Lipinski definition) is 2. The molecular weight excluding hydrogens is 392 g/mol. The van der Waals surface area contributed by atoms with Crippen LogP contribution in [0.4, 0.5) is 0 Å². The average molecular weight is 439 g/mol. The molecule has 0 aromatic carbocycles. The van der Waals surface area contributed by atoms with Crippen LogP contribution in [0.3, 0.4) is 0 Å². The van der Waals surface area contributed by atoms with Gasteiger partial charge in [0, 0.05) is 18.7 Å². The highest BCUT2D eigenvalue weighted by Crippen LogP contribution is 2.16. The van der Waals surface area contributed by atoms with Gasteiger partial charge in [0.15, 0.2) is 0 Å². The van der Waals surface area contributed by atoms with Crippen molar-refractivity contribution in [3.8, 4) is 0 Å². The molecule has 0 aromatic rings. The van der Waals surface area contributed by atoms with E-state index in [1.807, 2.05) is 42.5 Å². The first-order chi connectivity index (χ1) is 15.7. The molecule has 1 aliphatic rings. The van der Waals surface area contributed by atoms with E-state index in [0.717, 1.165) is 13.0 Å². The predicted octanol–water partition coefficient (Wildman–Crippen LogP) is 7.06. The zero-order valence-corrected chi connectivity index (χ0v) is 20.6. The summed E-state index contributed by atoms with van der Waals surface area (Å²) in [5.74, 6) is -0.0238. The van der Waals surface area contributed by atoms with Crippen LogP contribution in [0.1, 0.15) is 77.6 Å². The van der Waals surface area contributed by atoms with Gasteiger partial charge in [-0.25, -0.2) is 0 Å². The van der Waals surface area contributed by atoms with Gasteiger partial charge in [0.05, 0.1) is 0 Å². The second-order valence-electron chi connectivity index (χ2n) is 8.59. The SMILES string of the molecule is CCCCCCCCC\C=C/C=C\C=C/C=C\C=C/C=C\C(=O)NCCC1CCCN1C. The van der Waals surface area contributed by atoms with E-state index in [1.165, 1.54) is 70.8 Å². The van der Waals surface area contributed by atoms with Crippen molar-refractivity contribution in [3.63, 3.8) is 0 Å². The van der Waals surface area contributed by atoms with E-state index in [2.05, 4.69) is 42.4 Å². The van der Waals surface area contributed by atoms with Crippen molar-refractivity contribution in [3.05, 3.63) is 72.9 Å². The number of amides is 1. The van der Waals surface area contributed by atoms with Gasteiger partial charge in [0.1, 0.15) is 0 Å². The van der Waals surface area contributed by atoms with Gasteiger partial charge >= 0.3 is 0 Å². The predicted molar refractivity (Wildman–Crippen MR) is 141 cm³/mol. The molecule has 3 heteroatoms. The van der Waals surface area contributed by atoms with Crippen LogP contribution in [-0.2, 0) is 4.79 Å². The van der Waals surface area contributed by atoms with Crippen molar-refractivity contribution in [2.75, 3.05) is 20.1 Å². The first-order valence-electron chi connectivity index (χ1n) is 12.7. The number of hydrogen-bond donors (Lipinski definition) is 1. The molecule has 1 amide bonds. The average Bonchev–Trinajstić information content (AvgIpc) is 3.20. The van der Waals surface area contributed by atoms with Gasteiger partial charge in [0.25, 0.3) is 0 Å². The summed E-state index contributed by atoms with van der Waals surface area (Å²) in [6.07, 6.45) is 37.9. The molecule has 0 bridgehead atoms. The van der Waals surface area contributed by atoms with E-state index in [0.29, 0.717) is 6.04 Å². The summed E-state index contributed by atoms with van der Waals surface area (Å²) in [5.41, 5.74) is 0. The number of carbonyl (C=O) groups is 1. The number of allylic oxidation sites excluding steroid dienone is 11. The Hall–Kier alpha value is -2.13. The Balaban J connectivity index is 2.00.